The quantitative estimate of drug-likeness (QED) is 0.416. The molecule has 2 aromatic rings. The van der Waals surface area contributed by atoms with Crippen LogP contribution >= 0.6 is 11.6 Å². The predicted octanol–water partition coefficient (Wildman–Crippen LogP) is 6.23. The smallest absolute Gasteiger partial charge is 0.227 e. The Morgan fingerprint density at radius 2 is 1.86 bits per heavy atom. The number of benzene rings is 2. The molecular formula is C24H21ClN2O2. The lowest BCUT2D eigenvalue weighted by Crippen LogP contribution is -2.07. The first-order valence-electron chi connectivity index (χ1n) is 9.39. The molecule has 0 radical (unpaired) electrons. The minimum absolute atomic E-state index is 0.0893. The van der Waals surface area contributed by atoms with E-state index in [1.165, 1.54) is 0 Å². The highest BCUT2D eigenvalue weighted by atomic mass is 35.5. The lowest BCUT2D eigenvalue weighted by Gasteiger charge is -2.15. The fourth-order valence-corrected chi connectivity index (χ4v) is 3.75. The van der Waals surface area contributed by atoms with Gasteiger partial charge in [0.1, 0.15) is 0 Å². The number of hydrogen-bond acceptors (Lipinski definition) is 2. The van der Waals surface area contributed by atoms with Gasteiger partial charge in [-0.25, -0.2) is 0 Å². The molecule has 2 aromatic carbocycles. The van der Waals surface area contributed by atoms with Crippen LogP contribution in [0.25, 0.3) is 33.3 Å². The summed E-state index contributed by atoms with van der Waals surface area (Å²) in [6.07, 6.45) is 3.16. The molecule has 1 atom stereocenters. The van der Waals surface area contributed by atoms with Crippen molar-refractivity contribution < 1.29 is 9.90 Å². The number of aromatic nitrogens is 2. The van der Waals surface area contributed by atoms with Gasteiger partial charge in [-0.1, -0.05) is 48.0 Å². The average Bonchev–Trinajstić information content (AvgIpc) is 2.69. The maximum absolute atomic E-state index is 12.4. The van der Waals surface area contributed by atoms with Gasteiger partial charge in [0.05, 0.1) is 11.6 Å². The van der Waals surface area contributed by atoms with E-state index < -0.39 is 6.10 Å². The van der Waals surface area contributed by atoms with Crippen molar-refractivity contribution in [3.63, 3.8) is 0 Å². The molecule has 146 valence electrons. The Kier molecular flexibility index (Phi) is 5.14. The first-order chi connectivity index (χ1) is 13.9. The molecule has 0 aromatic heterocycles. The monoisotopic (exact) mass is 404 g/mol. The predicted molar refractivity (Wildman–Crippen MR) is 118 cm³/mol. The molecule has 4 rings (SSSR count). The number of aliphatic hydroxyl groups is 1. The van der Waals surface area contributed by atoms with E-state index in [1.807, 2.05) is 67.0 Å². The molecule has 1 unspecified atom stereocenters. The number of nitrogens with one attached hydrogen (secondary N) is 1. The summed E-state index contributed by atoms with van der Waals surface area (Å²) >= 11 is 6.15. The molecule has 0 bridgehead atoms. The van der Waals surface area contributed by atoms with Gasteiger partial charge in [0, 0.05) is 46.5 Å². The van der Waals surface area contributed by atoms with E-state index in [9.17, 15) is 9.90 Å². The topological polar surface area (TPSA) is 58.0 Å². The Morgan fingerprint density at radius 1 is 1.07 bits per heavy atom. The van der Waals surface area contributed by atoms with Crippen LogP contribution in [0.4, 0.5) is 0 Å². The number of rotatable bonds is 2. The zero-order chi connectivity index (χ0) is 20.5. The number of aliphatic hydroxyl groups excluding tert-OH is 1. The first-order valence-corrected chi connectivity index (χ1v) is 9.77. The summed E-state index contributed by atoms with van der Waals surface area (Å²) in [4.78, 5) is 15.7. The van der Waals surface area contributed by atoms with Crippen LogP contribution < -0.4 is 0 Å². The summed E-state index contributed by atoms with van der Waals surface area (Å²) in [5, 5.41) is 11.6. The Hall–Kier alpha value is -3.08. The molecule has 5 heteroatoms. The Balaban J connectivity index is 2.02. The number of aromatic amines is 1. The van der Waals surface area contributed by atoms with Crippen LogP contribution in [0.5, 0.6) is 0 Å². The van der Waals surface area contributed by atoms with Gasteiger partial charge in [-0.05, 0) is 42.3 Å². The van der Waals surface area contributed by atoms with Gasteiger partial charge < -0.3 is 10.1 Å². The molecule has 0 saturated heterocycles. The van der Waals surface area contributed by atoms with Gasteiger partial charge in [-0.15, -0.1) is 0 Å². The Bertz CT molecular complexity index is 1230. The standard InChI is InChI=1S/C24H21ClN2O2/c1-15(28)21-5-3-4-6-22(21)23-12-19-14-27(16(2)29)24-10-9-20(25)11-17(24)7-8-18(19)13-26-23/h3-15,26,28H,1-2H3. The molecule has 0 aliphatic carbocycles. The lowest BCUT2D eigenvalue weighted by atomic mass is 9.98. The van der Waals surface area contributed by atoms with Gasteiger partial charge in [0.25, 0.3) is 0 Å². The fourth-order valence-electron chi connectivity index (χ4n) is 3.56. The molecule has 0 amide bonds. The number of fused-ring (bicyclic) bond motifs is 2. The van der Waals surface area contributed by atoms with Crippen molar-refractivity contribution in [3.8, 4) is 22.4 Å². The van der Waals surface area contributed by atoms with E-state index in [0.717, 1.165) is 38.9 Å². The summed E-state index contributed by atoms with van der Waals surface area (Å²) < 4.78 is 1.64. The Morgan fingerprint density at radius 3 is 2.62 bits per heavy atom. The number of hydrogen-bond donors (Lipinski definition) is 2. The highest BCUT2D eigenvalue weighted by Crippen LogP contribution is 2.31. The second-order valence-electron chi connectivity index (χ2n) is 7.08. The zero-order valence-corrected chi connectivity index (χ0v) is 16.9. The second-order valence-corrected chi connectivity index (χ2v) is 7.51. The molecule has 2 N–H and O–H groups in total. The summed E-state index contributed by atoms with van der Waals surface area (Å²) in [5.74, 6) is -0.0893. The highest BCUT2D eigenvalue weighted by Gasteiger charge is 2.12. The summed E-state index contributed by atoms with van der Waals surface area (Å²) in [7, 11) is 0. The van der Waals surface area contributed by atoms with E-state index >= 15 is 0 Å². The molecule has 2 heterocycles. The molecule has 0 spiro atoms. The first kappa shape index (κ1) is 19.2. The van der Waals surface area contributed by atoms with Crippen LogP contribution in [0.3, 0.4) is 0 Å². The number of pyridine rings is 1. The van der Waals surface area contributed by atoms with Gasteiger partial charge in [0.2, 0.25) is 5.91 Å². The van der Waals surface area contributed by atoms with E-state index in [4.69, 9.17) is 11.6 Å². The van der Waals surface area contributed by atoms with Gasteiger partial charge in [-0.3, -0.25) is 9.36 Å². The summed E-state index contributed by atoms with van der Waals surface area (Å²) in [6, 6.07) is 19.2. The van der Waals surface area contributed by atoms with Crippen LogP contribution in [0, 0.1) is 0 Å². The maximum atomic E-state index is 12.4. The van der Waals surface area contributed by atoms with Gasteiger partial charge >= 0.3 is 0 Å². The number of carbonyl (C=O) groups is 1. The van der Waals surface area contributed by atoms with Crippen molar-refractivity contribution in [1.29, 1.82) is 0 Å². The molecule has 0 saturated carbocycles. The van der Waals surface area contributed by atoms with Crippen LogP contribution in [0.1, 0.15) is 30.3 Å². The average molecular weight is 405 g/mol. The van der Waals surface area contributed by atoms with Crippen LogP contribution in [-0.2, 0) is 0 Å². The number of halogens is 1. The van der Waals surface area contributed by atoms with Crippen molar-refractivity contribution in [2.75, 3.05) is 0 Å². The van der Waals surface area contributed by atoms with E-state index in [2.05, 4.69) is 4.98 Å². The van der Waals surface area contributed by atoms with Crippen molar-refractivity contribution in [2.24, 2.45) is 0 Å². The van der Waals surface area contributed by atoms with Gasteiger partial charge in [-0.2, -0.15) is 0 Å². The van der Waals surface area contributed by atoms with Crippen molar-refractivity contribution in [3.05, 3.63) is 83.6 Å². The number of carbonyl (C=O) groups excluding carboxylic acids is 1. The van der Waals surface area contributed by atoms with E-state index in [-0.39, 0.29) is 5.91 Å². The molecular weight excluding hydrogens is 384 g/mol. The SMILES string of the molecule is CC(=O)n1cc2cc(-c3ccccc3C(C)O)[nH]cc-2ccc2cc(Cl)ccc21. The van der Waals surface area contributed by atoms with E-state index in [0.29, 0.717) is 5.02 Å². The highest BCUT2D eigenvalue weighted by molar-refractivity contribution is 6.31. The molecule has 4 nitrogen and oxygen atoms in total. The van der Waals surface area contributed by atoms with E-state index in [1.54, 1.807) is 24.5 Å². The summed E-state index contributed by atoms with van der Waals surface area (Å²) in [5.41, 5.74) is 5.25. The lowest BCUT2D eigenvalue weighted by molar-refractivity contribution is 0.0941. The normalized spacial score (nSPS) is 12.1. The minimum Gasteiger partial charge on any atom is -0.389 e. The second kappa shape index (κ2) is 7.74. The summed E-state index contributed by atoms with van der Waals surface area (Å²) in [6.45, 7) is 3.29. The number of nitrogens with zero attached hydrogens (tertiary/aromatic N) is 1. The molecule has 2 aliphatic heterocycles. The largest absolute Gasteiger partial charge is 0.389 e. The fraction of sp³-hybridized carbons (Fsp3) is 0.125. The van der Waals surface area contributed by atoms with Crippen LogP contribution in [0.15, 0.2) is 73.1 Å². The third kappa shape index (κ3) is 3.77. The van der Waals surface area contributed by atoms with Crippen LogP contribution in [-0.4, -0.2) is 20.6 Å². The van der Waals surface area contributed by atoms with Crippen LogP contribution in [0.2, 0.25) is 5.02 Å². The van der Waals surface area contributed by atoms with Crippen molar-refractivity contribution in [1.82, 2.24) is 9.55 Å². The molecule has 2 aliphatic rings. The molecule has 29 heavy (non-hydrogen) atoms. The Labute approximate surface area is 174 Å². The minimum atomic E-state index is -0.587. The van der Waals surface area contributed by atoms with Gasteiger partial charge in [0.15, 0.2) is 0 Å². The third-order valence-electron chi connectivity index (χ3n) is 5.02. The number of H-pyrrole nitrogens is 1. The van der Waals surface area contributed by atoms with Crippen molar-refractivity contribution >= 4 is 28.4 Å². The van der Waals surface area contributed by atoms with Crippen molar-refractivity contribution in [2.45, 2.75) is 20.0 Å². The third-order valence-corrected chi connectivity index (χ3v) is 5.25. The molecule has 0 fully saturated rings. The zero-order valence-electron chi connectivity index (χ0n) is 16.2. The maximum Gasteiger partial charge on any atom is 0.227 e.